The zero-order valence-corrected chi connectivity index (χ0v) is 15.7. The minimum Gasteiger partial charge on any atom is -0.411 e. The van der Waals surface area contributed by atoms with E-state index < -0.39 is 6.36 Å². The van der Waals surface area contributed by atoms with E-state index >= 15 is 0 Å². The highest BCUT2D eigenvalue weighted by atomic mass is 19.4. The number of hydrogen-bond acceptors (Lipinski definition) is 2. The zero-order chi connectivity index (χ0) is 19.3. The highest BCUT2D eigenvalue weighted by Gasteiger charge is 2.52. The average molecular weight is 357 g/mol. The molecule has 1 heterocycles. The molecule has 1 spiro atoms. The molecule has 0 bridgehead atoms. The Labute approximate surface area is 149 Å². The quantitative estimate of drug-likeness (QED) is 0.414. The summed E-state index contributed by atoms with van der Waals surface area (Å²) in [5.74, 6) is 0.399. The van der Waals surface area contributed by atoms with Crippen LogP contribution in [0, 0.1) is 11.3 Å². The number of ether oxygens (including phenoxy) is 1. The molecule has 142 valence electrons. The molecule has 0 aromatic heterocycles. The van der Waals surface area contributed by atoms with Crippen LogP contribution in [-0.4, -0.2) is 24.4 Å². The summed E-state index contributed by atoms with van der Waals surface area (Å²) >= 11 is 0. The molecule has 0 aromatic rings. The zero-order valence-electron chi connectivity index (χ0n) is 15.7. The summed E-state index contributed by atoms with van der Waals surface area (Å²) in [5.41, 5.74) is 2.53. The Bertz CT molecular complexity index is 532. The number of allylic oxidation sites excluding steroid dienone is 6. The molecule has 0 unspecified atom stereocenters. The van der Waals surface area contributed by atoms with E-state index in [1.165, 1.54) is 13.0 Å². The van der Waals surface area contributed by atoms with Crippen molar-refractivity contribution in [3.05, 3.63) is 48.4 Å². The molecule has 25 heavy (non-hydrogen) atoms. The molecule has 0 atom stereocenters. The van der Waals surface area contributed by atoms with E-state index in [4.69, 9.17) is 0 Å². The van der Waals surface area contributed by atoms with Crippen molar-refractivity contribution < 1.29 is 17.9 Å². The fourth-order valence-corrected chi connectivity index (χ4v) is 3.52. The molecule has 2 fully saturated rings. The first kappa shape index (κ1) is 21.4. The van der Waals surface area contributed by atoms with Crippen LogP contribution in [0.15, 0.2) is 48.4 Å². The van der Waals surface area contributed by atoms with Gasteiger partial charge in [-0.15, -0.1) is 13.2 Å². The number of alkyl halides is 3. The van der Waals surface area contributed by atoms with Gasteiger partial charge in [0.15, 0.2) is 0 Å². The minimum absolute atomic E-state index is 0.148. The van der Waals surface area contributed by atoms with Gasteiger partial charge in [-0.3, -0.25) is 0 Å². The Hall–Kier alpha value is -1.65. The summed E-state index contributed by atoms with van der Waals surface area (Å²) in [6.07, 6.45) is 3.38. The van der Waals surface area contributed by atoms with Crippen LogP contribution in [0.5, 0.6) is 0 Å². The lowest BCUT2D eigenvalue weighted by Gasteiger charge is -2.60. The van der Waals surface area contributed by atoms with Crippen LogP contribution in [0.2, 0.25) is 0 Å². The second-order valence-electron chi connectivity index (χ2n) is 6.58. The van der Waals surface area contributed by atoms with Crippen molar-refractivity contribution >= 4 is 0 Å². The van der Waals surface area contributed by atoms with Crippen molar-refractivity contribution in [3.8, 4) is 0 Å². The monoisotopic (exact) mass is 357 g/mol. The molecule has 1 aliphatic carbocycles. The molecule has 2 rings (SSSR count). The van der Waals surface area contributed by atoms with E-state index in [9.17, 15) is 13.2 Å². The third-order valence-electron chi connectivity index (χ3n) is 4.75. The topological polar surface area (TPSA) is 12.5 Å². The standard InChI is InChI=1S/C18H24F3NO.C2H6/c1-5-13(3)15-9-17(10-15)11-22(12-17)16(6-2)8-7-14(4)23-18(19,20)21;1-2/h5,7-8,15H,1,3,6,9-12H2,2,4H3;1-2H3/b14-7+,16-8+;. The molecule has 0 amide bonds. The average Bonchev–Trinajstić information content (AvgIpc) is 2.47. The summed E-state index contributed by atoms with van der Waals surface area (Å²) in [7, 11) is 0. The SMILES string of the molecule is C=CC(=C)C1CC2(C1)CN(/C(=C/C=C(\C)OC(F)(F)F)CC)C2.CC. The van der Waals surface area contributed by atoms with Crippen molar-refractivity contribution in [2.45, 2.75) is 53.3 Å². The van der Waals surface area contributed by atoms with Gasteiger partial charge in [-0.25, -0.2) is 0 Å². The van der Waals surface area contributed by atoms with Crippen LogP contribution in [0.3, 0.4) is 0 Å². The maximum atomic E-state index is 12.1. The Morgan fingerprint density at radius 2 is 1.80 bits per heavy atom. The Kier molecular flexibility index (Phi) is 7.39. The fourth-order valence-electron chi connectivity index (χ4n) is 3.52. The maximum absolute atomic E-state index is 12.1. The first-order chi connectivity index (χ1) is 11.7. The molecular formula is C20H30F3NO. The van der Waals surface area contributed by atoms with Crippen LogP contribution in [-0.2, 0) is 4.74 Å². The molecule has 1 saturated carbocycles. The molecule has 0 N–H and O–H groups in total. The molecule has 1 saturated heterocycles. The minimum atomic E-state index is -4.63. The van der Waals surface area contributed by atoms with E-state index in [0.29, 0.717) is 11.3 Å². The van der Waals surface area contributed by atoms with Crippen LogP contribution in [0.4, 0.5) is 13.2 Å². The van der Waals surface area contributed by atoms with Crippen molar-refractivity contribution in [2.24, 2.45) is 11.3 Å². The normalized spacial score (nSPS) is 20.2. The number of halogens is 3. The van der Waals surface area contributed by atoms with Gasteiger partial charge in [0.1, 0.15) is 5.76 Å². The molecule has 2 aliphatic rings. The first-order valence-electron chi connectivity index (χ1n) is 8.87. The van der Waals surface area contributed by atoms with Crippen molar-refractivity contribution in [1.82, 2.24) is 4.90 Å². The van der Waals surface area contributed by atoms with Crippen LogP contribution < -0.4 is 0 Å². The van der Waals surface area contributed by atoms with E-state index in [2.05, 4.69) is 22.8 Å². The summed E-state index contributed by atoms with van der Waals surface area (Å²) < 4.78 is 40.2. The summed E-state index contributed by atoms with van der Waals surface area (Å²) in [5, 5.41) is 0. The van der Waals surface area contributed by atoms with Gasteiger partial charge < -0.3 is 9.64 Å². The maximum Gasteiger partial charge on any atom is 0.572 e. The highest BCUT2D eigenvalue weighted by Crippen LogP contribution is 2.55. The predicted molar refractivity (Wildman–Crippen MR) is 96.7 cm³/mol. The van der Waals surface area contributed by atoms with Gasteiger partial charge >= 0.3 is 6.36 Å². The number of likely N-dealkylation sites (tertiary alicyclic amines) is 1. The van der Waals surface area contributed by atoms with Crippen LogP contribution >= 0.6 is 0 Å². The first-order valence-corrected chi connectivity index (χ1v) is 8.87. The summed E-state index contributed by atoms with van der Waals surface area (Å²) in [6, 6.07) is 0. The lowest BCUT2D eigenvalue weighted by molar-refractivity contribution is -0.305. The van der Waals surface area contributed by atoms with Crippen LogP contribution in [0.1, 0.15) is 47.0 Å². The third-order valence-corrected chi connectivity index (χ3v) is 4.75. The van der Waals surface area contributed by atoms with Gasteiger partial charge in [0.05, 0.1) is 0 Å². The van der Waals surface area contributed by atoms with Crippen molar-refractivity contribution in [1.29, 1.82) is 0 Å². The Balaban J connectivity index is 0.00000151. The van der Waals surface area contributed by atoms with Crippen LogP contribution in [0.25, 0.3) is 0 Å². The van der Waals surface area contributed by atoms with Gasteiger partial charge in [-0.05, 0) is 44.3 Å². The molecule has 5 heteroatoms. The van der Waals surface area contributed by atoms with Crippen molar-refractivity contribution in [3.63, 3.8) is 0 Å². The third kappa shape index (κ3) is 5.68. The van der Waals surface area contributed by atoms with Gasteiger partial charge in [0, 0.05) is 24.2 Å². The van der Waals surface area contributed by atoms with Crippen molar-refractivity contribution in [2.75, 3.05) is 13.1 Å². The predicted octanol–water partition coefficient (Wildman–Crippen LogP) is 6.20. The number of hydrogen-bond donors (Lipinski definition) is 0. The summed E-state index contributed by atoms with van der Waals surface area (Å²) in [6.45, 7) is 17.0. The molecule has 0 aromatic carbocycles. The lowest BCUT2D eigenvalue weighted by Crippen LogP contribution is -2.61. The number of rotatable bonds is 6. The van der Waals surface area contributed by atoms with E-state index in [0.717, 1.165) is 43.6 Å². The van der Waals surface area contributed by atoms with E-state index in [-0.39, 0.29) is 5.76 Å². The molecular weight excluding hydrogens is 327 g/mol. The van der Waals surface area contributed by atoms with E-state index in [1.807, 2.05) is 26.8 Å². The largest absolute Gasteiger partial charge is 0.572 e. The van der Waals surface area contributed by atoms with Gasteiger partial charge in [0.2, 0.25) is 0 Å². The number of nitrogens with zero attached hydrogens (tertiary/aromatic N) is 1. The fraction of sp³-hybridized carbons (Fsp3) is 0.600. The molecule has 1 aliphatic heterocycles. The van der Waals surface area contributed by atoms with E-state index in [1.54, 1.807) is 6.08 Å². The molecule has 0 radical (unpaired) electrons. The smallest absolute Gasteiger partial charge is 0.411 e. The highest BCUT2D eigenvalue weighted by molar-refractivity contribution is 5.25. The van der Waals surface area contributed by atoms with Gasteiger partial charge in [0.25, 0.3) is 0 Å². The Morgan fingerprint density at radius 3 is 2.24 bits per heavy atom. The second kappa shape index (κ2) is 8.63. The lowest BCUT2D eigenvalue weighted by atomic mass is 9.56. The molecule has 2 nitrogen and oxygen atoms in total. The Morgan fingerprint density at radius 1 is 1.24 bits per heavy atom. The second-order valence-corrected chi connectivity index (χ2v) is 6.58. The summed E-state index contributed by atoms with van der Waals surface area (Å²) in [4.78, 5) is 2.24. The van der Waals surface area contributed by atoms with Gasteiger partial charge in [-0.1, -0.05) is 45.6 Å². The van der Waals surface area contributed by atoms with Gasteiger partial charge in [-0.2, -0.15) is 0 Å².